The summed E-state index contributed by atoms with van der Waals surface area (Å²) in [4.78, 5) is 15.6. The first kappa shape index (κ1) is 18.5. The second kappa shape index (κ2) is 7.56. The first-order valence-corrected chi connectivity index (χ1v) is 8.92. The number of nitrogens with zero attached hydrogens (tertiary/aromatic N) is 2. The van der Waals surface area contributed by atoms with Crippen LogP contribution in [0.2, 0.25) is 0 Å². The van der Waals surface area contributed by atoms with E-state index in [2.05, 4.69) is 4.90 Å². The lowest BCUT2D eigenvalue weighted by atomic mass is 9.95. The summed E-state index contributed by atoms with van der Waals surface area (Å²) in [7, 11) is 0. The number of anilines is 1. The number of Topliss-reactive ketones (excluding diaryl/α,β-unsaturated/α-hetero) is 1. The highest BCUT2D eigenvalue weighted by atomic mass is 19.1. The Morgan fingerprint density at radius 3 is 2.35 bits per heavy atom. The number of ketones is 1. The van der Waals surface area contributed by atoms with Crippen molar-refractivity contribution in [2.45, 2.75) is 19.4 Å². The summed E-state index contributed by atoms with van der Waals surface area (Å²) in [6, 6.07) is 14.3. The average molecular weight is 356 g/mol. The lowest BCUT2D eigenvalue weighted by Crippen LogP contribution is -2.50. The van der Waals surface area contributed by atoms with Gasteiger partial charge in [-0.2, -0.15) is 0 Å². The van der Waals surface area contributed by atoms with E-state index in [0.29, 0.717) is 30.9 Å². The first-order valence-electron chi connectivity index (χ1n) is 8.92. The zero-order chi connectivity index (χ0) is 18.7. The maximum Gasteiger partial charge on any atom is 0.159 e. The molecule has 5 heteroatoms. The first-order chi connectivity index (χ1) is 12.4. The van der Waals surface area contributed by atoms with Gasteiger partial charge in [0.2, 0.25) is 0 Å². The van der Waals surface area contributed by atoms with Crippen LogP contribution in [0.5, 0.6) is 0 Å². The Morgan fingerprint density at radius 2 is 1.77 bits per heavy atom. The van der Waals surface area contributed by atoms with Gasteiger partial charge in [0.05, 0.1) is 11.3 Å². The van der Waals surface area contributed by atoms with Gasteiger partial charge in [-0.05, 0) is 37.6 Å². The number of halogens is 1. The second-order valence-corrected chi connectivity index (χ2v) is 7.13. The minimum absolute atomic E-state index is 0.136. The van der Waals surface area contributed by atoms with Gasteiger partial charge in [-0.15, -0.1) is 0 Å². The van der Waals surface area contributed by atoms with Crippen molar-refractivity contribution in [2.24, 2.45) is 0 Å². The van der Waals surface area contributed by atoms with Crippen molar-refractivity contribution in [1.29, 1.82) is 0 Å². The molecule has 1 heterocycles. The molecule has 1 atom stereocenters. The van der Waals surface area contributed by atoms with Crippen molar-refractivity contribution in [2.75, 3.05) is 37.6 Å². The molecule has 2 aromatic rings. The minimum Gasteiger partial charge on any atom is -0.384 e. The highest BCUT2D eigenvalue weighted by Gasteiger charge is 2.28. The van der Waals surface area contributed by atoms with Gasteiger partial charge in [0.1, 0.15) is 5.82 Å². The third kappa shape index (κ3) is 4.11. The van der Waals surface area contributed by atoms with E-state index in [1.165, 1.54) is 13.0 Å². The molecule has 0 radical (unpaired) electrons. The molecular weight excluding hydrogens is 331 g/mol. The Balaban J connectivity index is 1.62. The predicted molar refractivity (Wildman–Crippen MR) is 101 cm³/mol. The van der Waals surface area contributed by atoms with E-state index < -0.39 is 5.60 Å². The lowest BCUT2D eigenvalue weighted by Gasteiger charge is -2.39. The Kier molecular flexibility index (Phi) is 5.39. The van der Waals surface area contributed by atoms with Gasteiger partial charge in [0.25, 0.3) is 0 Å². The van der Waals surface area contributed by atoms with E-state index in [1.807, 2.05) is 42.2 Å². The number of carbonyl (C=O) groups excluding carboxylic acids is 1. The summed E-state index contributed by atoms with van der Waals surface area (Å²) >= 11 is 0. The Morgan fingerprint density at radius 1 is 1.12 bits per heavy atom. The topological polar surface area (TPSA) is 43.8 Å². The lowest BCUT2D eigenvalue weighted by molar-refractivity contribution is 0.0143. The van der Waals surface area contributed by atoms with Crippen LogP contribution in [0.1, 0.15) is 29.8 Å². The van der Waals surface area contributed by atoms with Crippen LogP contribution in [0.3, 0.4) is 0 Å². The molecule has 0 bridgehead atoms. The molecule has 0 saturated carbocycles. The summed E-state index contributed by atoms with van der Waals surface area (Å²) in [5.41, 5.74) is 0.902. The number of hydrogen-bond acceptors (Lipinski definition) is 4. The van der Waals surface area contributed by atoms with Crippen LogP contribution >= 0.6 is 0 Å². The third-order valence-corrected chi connectivity index (χ3v) is 4.99. The van der Waals surface area contributed by atoms with E-state index in [9.17, 15) is 14.3 Å². The third-order valence-electron chi connectivity index (χ3n) is 4.99. The van der Waals surface area contributed by atoms with Crippen LogP contribution in [-0.4, -0.2) is 48.5 Å². The van der Waals surface area contributed by atoms with Crippen LogP contribution in [0.4, 0.5) is 10.1 Å². The molecule has 138 valence electrons. The van der Waals surface area contributed by atoms with Crippen LogP contribution in [-0.2, 0) is 5.60 Å². The molecule has 0 aromatic heterocycles. The van der Waals surface area contributed by atoms with Crippen LogP contribution in [0.15, 0.2) is 48.5 Å². The van der Waals surface area contributed by atoms with Gasteiger partial charge >= 0.3 is 0 Å². The Hall–Kier alpha value is -2.24. The molecular formula is C21H25FN2O2. The molecule has 1 saturated heterocycles. The van der Waals surface area contributed by atoms with Crippen LogP contribution in [0, 0.1) is 5.82 Å². The van der Waals surface area contributed by atoms with Gasteiger partial charge < -0.3 is 10.0 Å². The largest absolute Gasteiger partial charge is 0.384 e. The Bertz CT molecular complexity index is 769. The van der Waals surface area contributed by atoms with Crippen LogP contribution < -0.4 is 4.90 Å². The van der Waals surface area contributed by atoms with Gasteiger partial charge in [0, 0.05) is 38.3 Å². The molecule has 1 aliphatic heterocycles. The number of β-amino-alcohol motifs (C(OH)–C–C–N with tert-alkyl or cyclic N) is 1. The zero-order valence-corrected chi connectivity index (χ0v) is 15.3. The standard InChI is InChI=1S/C21H25FN2O2/c1-16(25)17-8-9-20(19(22)14-17)24-12-10-23(11-13-24)15-21(2,26)18-6-4-3-5-7-18/h3-9,14,26H,10-13,15H2,1-2H3/t21-/m0/s1. The van der Waals surface area contributed by atoms with Gasteiger partial charge in [-0.1, -0.05) is 30.3 Å². The van der Waals surface area contributed by atoms with Crippen molar-refractivity contribution in [3.8, 4) is 0 Å². The Labute approximate surface area is 153 Å². The monoisotopic (exact) mass is 356 g/mol. The predicted octanol–water partition coefficient (Wildman–Crippen LogP) is 3.06. The van der Waals surface area contributed by atoms with Crippen molar-refractivity contribution in [3.05, 3.63) is 65.5 Å². The van der Waals surface area contributed by atoms with Gasteiger partial charge in [-0.3, -0.25) is 9.69 Å². The summed E-state index contributed by atoms with van der Waals surface area (Å²) in [6.07, 6.45) is 0. The molecule has 0 aliphatic carbocycles. The van der Waals surface area contributed by atoms with Crippen molar-refractivity contribution in [3.63, 3.8) is 0 Å². The number of benzene rings is 2. The molecule has 2 aromatic carbocycles. The molecule has 26 heavy (non-hydrogen) atoms. The summed E-state index contributed by atoms with van der Waals surface area (Å²) in [5.74, 6) is -0.495. The van der Waals surface area contributed by atoms with Crippen molar-refractivity contribution < 1.29 is 14.3 Å². The fraction of sp³-hybridized carbons (Fsp3) is 0.381. The maximum atomic E-state index is 14.3. The van der Waals surface area contributed by atoms with Gasteiger partial charge in [0.15, 0.2) is 5.78 Å². The molecule has 1 aliphatic rings. The van der Waals surface area contributed by atoms with E-state index in [4.69, 9.17) is 0 Å². The highest BCUT2D eigenvalue weighted by molar-refractivity contribution is 5.94. The normalized spacial score (nSPS) is 17.8. The summed E-state index contributed by atoms with van der Waals surface area (Å²) in [6.45, 7) is 6.66. The summed E-state index contributed by atoms with van der Waals surface area (Å²) in [5, 5.41) is 10.8. The maximum absolute atomic E-state index is 14.3. The van der Waals surface area contributed by atoms with Crippen LogP contribution in [0.25, 0.3) is 0 Å². The second-order valence-electron chi connectivity index (χ2n) is 7.13. The summed E-state index contributed by atoms with van der Waals surface area (Å²) < 4.78 is 14.3. The van der Waals surface area contributed by atoms with E-state index in [-0.39, 0.29) is 11.6 Å². The zero-order valence-electron chi connectivity index (χ0n) is 15.3. The van der Waals surface area contributed by atoms with Gasteiger partial charge in [-0.25, -0.2) is 4.39 Å². The fourth-order valence-corrected chi connectivity index (χ4v) is 3.45. The smallest absolute Gasteiger partial charge is 0.159 e. The number of piperazine rings is 1. The van der Waals surface area contributed by atoms with E-state index >= 15 is 0 Å². The molecule has 0 spiro atoms. The fourth-order valence-electron chi connectivity index (χ4n) is 3.45. The molecule has 1 N–H and O–H groups in total. The number of rotatable bonds is 5. The number of hydrogen-bond donors (Lipinski definition) is 1. The van der Waals surface area contributed by atoms with Crippen molar-refractivity contribution >= 4 is 11.5 Å². The molecule has 4 nitrogen and oxygen atoms in total. The molecule has 1 fully saturated rings. The number of carbonyl (C=O) groups is 1. The molecule has 0 amide bonds. The molecule has 0 unspecified atom stereocenters. The average Bonchev–Trinajstić information content (AvgIpc) is 2.63. The minimum atomic E-state index is -0.919. The number of aliphatic hydroxyl groups is 1. The van der Waals surface area contributed by atoms with E-state index in [0.717, 1.165) is 18.7 Å². The highest BCUT2D eigenvalue weighted by Crippen LogP contribution is 2.25. The van der Waals surface area contributed by atoms with Crippen molar-refractivity contribution in [1.82, 2.24) is 4.90 Å². The molecule has 3 rings (SSSR count). The van der Waals surface area contributed by atoms with E-state index in [1.54, 1.807) is 12.1 Å². The quantitative estimate of drug-likeness (QED) is 0.837. The SMILES string of the molecule is CC(=O)c1ccc(N2CCN(C[C@](C)(O)c3ccccc3)CC2)c(F)c1.